The van der Waals surface area contributed by atoms with Gasteiger partial charge in [0.2, 0.25) is 0 Å². The Morgan fingerprint density at radius 1 is 1.23 bits per heavy atom. The van der Waals surface area contributed by atoms with Crippen LogP contribution in [0.5, 0.6) is 5.75 Å². The van der Waals surface area contributed by atoms with Crippen LogP contribution in [-0.4, -0.2) is 45.5 Å². The van der Waals surface area contributed by atoms with Crippen LogP contribution in [0.4, 0.5) is 14.9 Å². The fourth-order valence-corrected chi connectivity index (χ4v) is 4.52. The van der Waals surface area contributed by atoms with Crippen molar-refractivity contribution in [1.29, 1.82) is 0 Å². The zero-order chi connectivity index (χ0) is 21.4. The number of nitrogens with zero attached hydrogens (tertiary/aromatic N) is 1. The van der Waals surface area contributed by atoms with E-state index in [-0.39, 0.29) is 23.9 Å². The van der Waals surface area contributed by atoms with Gasteiger partial charge in [-0.15, -0.1) is 0 Å². The van der Waals surface area contributed by atoms with Crippen molar-refractivity contribution in [3.63, 3.8) is 0 Å². The number of halogens is 1. The number of nitrogens with one attached hydrogen (secondary N) is 3. The third-order valence-electron chi connectivity index (χ3n) is 6.01. The summed E-state index contributed by atoms with van der Waals surface area (Å²) < 4.78 is 24.9. The van der Waals surface area contributed by atoms with Gasteiger partial charge in [-0.3, -0.25) is 4.90 Å². The number of hydrazine groups is 1. The summed E-state index contributed by atoms with van der Waals surface area (Å²) in [4.78, 5) is 14.0. The zero-order valence-corrected chi connectivity index (χ0v) is 17.3. The van der Waals surface area contributed by atoms with Crippen molar-refractivity contribution >= 4 is 17.5 Å². The Hall–Kier alpha value is -3.10. The third kappa shape index (κ3) is 3.73. The van der Waals surface area contributed by atoms with E-state index in [0.717, 1.165) is 34.7 Å². The molecule has 3 aliphatic heterocycles. The number of hydrogen-bond acceptors (Lipinski definition) is 6. The molecule has 2 unspecified atom stereocenters. The number of benzene rings is 2. The average molecular weight is 424 g/mol. The highest BCUT2D eigenvalue weighted by Gasteiger charge is 2.33. The summed E-state index contributed by atoms with van der Waals surface area (Å²) in [5.41, 5.74) is 11.5. The molecule has 0 aliphatic carbocycles. The lowest BCUT2D eigenvalue weighted by Crippen LogP contribution is -2.40. The van der Waals surface area contributed by atoms with Crippen LogP contribution in [0, 0.1) is 5.82 Å². The van der Waals surface area contributed by atoms with Crippen LogP contribution in [0.3, 0.4) is 0 Å². The van der Waals surface area contributed by atoms with Gasteiger partial charge in [-0.25, -0.2) is 14.6 Å². The Bertz CT molecular complexity index is 1020. The number of rotatable bonds is 4. The van der Waals surface area contributed by atoms with Crippen LogP contribution in [-0.2, 0) is 4.74 Å². The fourth-order valence-electron chi connectivity index (χ4n) is 4.52. The Labute approximate surface area is 180 Å². The maximum absolute atomic E-state index is 13.4. The molecule has 0 saturated carbocycles. The van der Waals surface area contributed by atoms with E-state index in [9.17, 15) is 9.18 Å². The van der Waals surface area contributed by atoms with Crippen LogP contribution in [0.15, 0.2) is 48.0 Å². The predicted molar refractivity (Wildman–Crippen MR) is 115 cm³/mol. The summed E-state index contributed by atoms with van der Waals surface area (Å²) in [5, 5.41) is 3.04. The minimum Gasteiger partial charge on any atom is -0.492 e. The van der Waals surface area contributed by atoms with Crippen LogP contribution in [0.25, 0.3) is 5.70 Å². The second-order valence-corrected chi connectivity index (χ2v) is 7.96. The normalized spacial score (nSPS) is 22.8. The Morgan fingerprint density at radius 3 is 2.87 bits per heavy atom. The number of likely N-dealkylation sites (N-methyl/N-ethyl adjacent to an activating group) is 1. The molecule has 1 saturated heterocycles. The first-order valence-corrected chi connectivity index (χ1v) is 10.5. The quantitative estimate of drug-likeness (QED) is 0.701. The minimum absolute atomic E-state index is 0.127. The molecule has 0 aromatic heterocycles. The predicted octanol–water partition coefficient (Wildman–Crippen LogP) is 2.76. The lowest BCUT2D eigenvalue weighted by atomic mass is 9.85. The van der Waals surface area contributed by atoms with Crippen LogP contribution >= 0.6 is 0 Å². The highest BCUT2D eigenvalue weighted by atomic mass is 19.1. The first kappa shape index (κ1) is 19.8. The molecular formula is C23H25FN4O3. The number of hydrogen-bond donors (Lipinski definition) is 3. The van der Waals surface area contributed by atoms with Crippen molar-refractivity contribution in [3.05, 3.63) is 65.0 Å². The molecule has 8 heteroatoms. The molecule has 5 rings (SSSR count). The molecule has 3 heterocycles. The van der Waals surface area contributed by atoms with Crippen molar-refractivity contribution in [1.82, 2.24) is 16.2 Å². The van der Waals surface area contributed by atoms with Gasteiger partial charge in [0.15, 0.2) is 0 Å². The molecule has 2 aromatic carbocycles. The highest BCUT2D eigenvalue weighted by molar-refractivity contribution is 5.90. The lowest BCUT2D eigenvalue weighted by Gasteiger charge is -2.30. The molecule has 0 spiro atoms. The third-order valence-corrected chi connectivity index (χ3v) is 6.01. The molecule has 31 heavy (non-hydrogen) atoms. The molecule has 1 fully saturated rings. The monoisotopic (exact) mass is 424 g/mol. The summed E-state index contributed by atoms with van der Waals surface area (Å²) in [6, 6.07) is 12.5. The molecule has 2 atom stereocenters. The van der Waals surface area contributed by atoms with E-state index in [1.54, 1.807) is 4.90 Å². The number of fused-ring (bicyclic) bond motifs is 2. The minimum atomic E-state index is -0.345. The van der Waals surface area contributed by atoms with Crippen molar-refractivity contribution < 1.29 is 18.7 Å². The van der Waals surface area contributed by atoms with Gasteiger partial charge < -0.3 is 20.2 Å². The van der Waals surface area contributed by atoms with Gasteiger partial charge in [-0.05, 0) is 42.4 Å². The van der Waals surface area contributed by atoms with Gasteiger partial charge in [0, 0.05) is 37.1 Å². The molecule has 3 N–H and O–H groups in total. The van der Waals surface area contributed by atoms with Crippen LogP contribution in [0.2, 0.25) is 0 Å². The fraction of sp³-hybridized carbons (Fsp3) is 0.348. The average Bonchev–Trinajstić information content (AvgIpc) is 3.04. The van der Waals surface area contributed by atoms with E-state index in [4.69, 9.17) is 9.47 Å². The second kappa shape index (κ2) is 8.20. The van der Waals surface area contributed by atoms with Crippen LogP contribution < -0.4 is 25.8 Å². The number of cyclic esters (lactones) is 1. The maximum Gasteiger partial charge on any atom is 0.414 e. The summed E-state index contributed by atoms with van der Waals surface area (Å²) in [7, 11) is 1.84. The van der Waals surface area contributed by atoms with Crippen molar-refractivity contribution in [2.24, 2.45) is 0 Å². The maximum atomic E-state index is 13.4. The van der Waals surface area contributed by atoms with Crippen molar-refractivity contribution in [2.45, 2.75) is 18.4 Å². The molecule has 162 valence electrons. The lowest BCUT2D eigenvalue weighted by molar-refractivity contribution is 0.141. The van der Waals surface area contributed by atoms with E-state index in [2.05, 4.69) is 16.2 Å². The SMILES string of the molecule is CNCC1CN(c2ccc3c(c2)OCCC2=C3NNCC2c2ccc(F)cc2)C(=O)O1. The zero-order valence-electron chi connectivity index (χ0n) is 17.3. The first-order valence-electron chi connectivity index (χ1n) is 10.5. The Morgan fingerprint density at radius 2 is 2.06 bits per heavy atom. The Balaban J connectivity index is 1.48. The van der Waals surface area contributed by atoms with E-state index in [0.29, 0.717) is 26.2 Å². The number of amides is 1. The molecule has 7 nitrogen and oxygen atoms in total. The van der Waals surface area contributed by atoms with Gasteiger partial charge in [-0.2, -0.15) is 0 Å². The van der Waals surface area contributed by atoms with E-state index in [1.807, 2.05) is 37.4 Å². The summed E-state index contributed by atoms with van der Waals surface area (Å²) in [5.74, 6) is 0.614. The number of carbonyl (C=O) groups is 1. The number of carbonyl (C=O) groups excluding carboxylic acids is 1. The Kier molecular flexibility index (Phi) is 5.25. The molecular weight excluding hydrogens is 399 g/mol. The molecule has 2 aromatic rings. The molecule has 3 aliphatic rings. The van der Waals surface area contributed by atoms with Crippen molar-refractivity contribution in [2.75, 3.05) is 38.2 Å². The van der Waals surface area contributed by atoms with E-state index < -0.39 is 0 Å². The summed E-state index contributed by atoms with van der Waals surface area (Å²) >= 11 is 0. The molecule has 0 bridgehead atoms. The van der Waals surface area contributed by atoms with Crippen LogP contribution in [0.1, 0.15) is 23.5 Å². The smallest absolute Gasteiger partial charge is 0.414 e. The molecule has 0 radical (unpaired) electrons. The van der Waals surface area contributed by atoms with Gasteiger partial charge >= 0.3 is 6.09 Å². The van der Waals surface area contributed by atoms with Gasteiger partial charge in [0.05, 0.1) is 24.5 Å². The first-order chi connectivity index (χ1) is 15.1. The van der Waals surface area contributed by atoms with E-state index >= 15 is 0 Å². The van der Waals surface area contributed by atoms with Gasteiger partial charge in [0.1, 0.15) is 17.7 Å². The summed E-state index contributed by atoms with van der Waals surface area (Å²) in [6.07, 6.45) is 0.237. The second-order valence-electron chi connectivity index (χ2n) is 7.96. The standard InChI is InChI=1S/C23H25FN4O3/c1-25-11-17-13-28(23(29)31-17)16-6-7-19-21(10-16)30-9-8-18-20(12-26-27-22(18)19)14-2-4-15(24)5-3-14/h2-7,10,17,20,25-27H,8-9,11-13H2,1H3. The molecule has 1 amide bonds. The van der Waals surface area contributed by atoms with E-state index in [1.165, 1.54) is 17.7 Å². The highest BCUT2D eigenvalue weighted by Crippen LogP contribution is 2.40. The van der Waals surface area contributed by atoms with Gasteiger partial charge in [-0.1, -0.05) is 12.1 Å². The largest absolute Gasteiger partial charge is 0.492 e. The topological polar surface area (TPSA) is 74.9 Å². The number of anilines is 1. The number of ether oxygens (including phenoxy) is 2. The van der Waals surface area contributed by atoms with Crippen molar-refractivity contribution in [3.8, 4) is 5.75 Å². The summed E-state index contributed by atoms with van der Waals surface area (Å²) in [6.45, 7) is 2.35. The van der Waals surface area contributed by atoms with Gasteiger partial charge in [0.25, 0.3) is 0 Å².